The Morgan fingerprint density at radius 3 is 2.67 bits per heavy atom. The van der Waals surface area contributed by atoms with Crippen LogP contribution in [0.25, 0.3) is 0 Å². The summed E-state index contributed by atoms with van der Waals surface area (Å²) >= 11 is 0.778. The molecular weight excluding hydrogens is 265 g/mol. The van der Waals surface area contributed by atoms with Gasteiger partial charge in [0.2, 0.25) is 11.0 Å². The van der Waals surface area contributed by atoms with Crippen LogP contribution >= 0.6 is 11.5 Å². The highest BCUT2D eigenvalue weighted by atomic mass is 32.1. The van der Waals surface area contributed by atoms with Gasteiger partial charge >= 0.3 is 6.18 Å². The van der Waals surface area contributed by atoms with Gasteiger partial charge in [-0.3, -0.25) is 4.90 Å². The number of aromatic nitrogens is 2. The number of anilines is 1. The first-order valence-electron chi connectivity index (χ1n) is 5.94. The number of halogens is 3. The van der Waals surface area contributed by atoms with Gasteiger partial charge in [0, 0.05) is 36.7 Å². The summed E-state index contributed by atoms with van der Waals surface area (Å²) in [5.41, 5.74) is 0. The first-order valence-corrected chi connectivity index (χ1v) is 6.71. The maximum absolute atomic E-state index is 12.3. The fraction of sp³-hybridized carbons (Fsp3) is 0.800. The predicted molar refractivity (Wildman–Crippen MR) is 61.5 cm³/mol. The lowest BCUT2D eigenvalue weighted by Crippen LogP contribution is -2.27. The molecule has 1 N–H and O–H groups in total. The number of hydrogen-bond donors (Lipinski definition) is 1. The molecule has 1 aromatic rings. The van der Waals surface area contributed by atoms with Crippen LogP contribution in [0.3, 0.4) is 0 Å². The zero-order chi connectivity index (χ0) is 12.8. The molecule has 2 heterocycles. The van der Waals surface area contributed by atoms with Crippen molar-refractivity contribution in [2.45, 2.75) is 37.5 Å². The van der Waals surface area contributed by atoms with E-state index in [9.17, 15) is 13.2 Å². The topological polar surface area (TPSA) is 41.1 Å². The second kappa shape index (κ2) is 4.34. The minimum atomic E-state index is -4.45. The zero-order valence-corrected chi connectivity index (χ0v) is 10.4. The van der Waals surface area contributed by atoms with Gasteiger partial charge in [0.25, 0.3) is 0 Å². The Balaban J connectivity index is 1.58. The molecule has 8 heteroatoms. The van der Waals surface area contributed by atoms with Crippen molar-refractivity contribution in [1.82, 2.24) is 14.3 Å². The van der Waals surface area contributed by atoms with Gasteiger partial charge in [-0.1, -0.05) is 0 Å². The van der Waals surface area contributed by atoms with Gasteiger partial charge in [-0.2, -0.15) is 22.5 Å². The predicted octanol–water partition coefficient (Wildman–Crippen LogP) is 2.21. The molecule has 2 aliphatic rings. The summed E-state index contributed by atoms with van der Waals surface area (Å²) in [6, 6.07) is 0.900. The van der Waals surface area contributed by atoms with Gasteiger partial charge in [-0.25, -0.2) is 0 Å². The SMILES string of the molecule is FC(F)(F)c1nsc(NC2CCN(C3CC3)C2)n1. The Kier molecular flexibility index (Phi) is 2.93. The summed E-state index contributed by atoms with van der Waals surface area (Å²) in [7, 11) is 0. The van der Waals surface area contributed by atoms with Crippen molar-refractivity contribution in [3.63, 3.8) is 0 Å². The van der Waals surface area contributed by atoms with Crippen LogP contribution in [0.15, 0.2) is 0 Å². The molecular formula is C10H13F3N4S. The van der Waals surface area contributed by atoms with E-state index in [1.54, 1.807) is 0 Å². The van der Waals surface area contributed by atoms with E-state index in [0.29, 0.717) is 6.04 Å². The summed E-state index contributed by atoms with van der Waals surface area (Å²) in [5, 5.41) is 3.32. The molecule has 3 rings (SSSR count). The molecule has 0 aromatic carbocycles. The van der Waals surface area contributed by atoms with E-state index in [4.69, 9.17) is 0 Å². The second-order valence-corrected chi connectivity index (χ2v) is 5.53. The highest BCUT2D eigenvalue weighted by Gasteiger charge is 2.37. The van der Waals surface area contributed by atoms with Crippen molar-refractivity contribution in [2.24, 2.45) is 0 Å². The van der Waals surface area contributed by atoms with E-state index in [2.05, 4.69) is 19.6 Å². The number of rotatable bonds is 3. The normalized spacial score (nSPS) is 25.6. The first-order chi connectivity index (χ1) is 8.52. The molecule has 1 saturated carbocycles. The van der Waals surface area contributed by atoms with Crippen molar-refractivity contribution in [3.05, 3.63) is 5.82 Å². The van der Waals surface area contributed by atoms with E-state index in [1.165, 1.54) is 12.8 Å². The first kappa shape index (κ1) is 12.2. The third-order valence-corrected chi connectivity index (χ3v) is 3.94. The molecule has 1 saturated heterocycles. The monoisotopic (exact) mass is 278 g/mol. The van der Waals surface area contributed by atoms with E-state index in [0.717, 1.165) is 31.0 Å². The molecule has 18 heavy (non-hydrogen) atoms. The number of likely N-dealkylation sites (tertiary alicyclic amines) is 1. The molecule has 1 unspecified atom stereocenters. The number of alkyl halides is 3. The molecule has 1 aliphatic carbocycles. The average Bonchev–Trinajstić information content (AvgIpc) is 2.85. The maximum atomic E-state index is 12.3. The zero-order valence-electron chi connectivity index (χ0n) is 9.57. The highest BCUT2D eigenvalue weighted by Crippen LogP contribution is 2.32. The van der Waals surface area contributed by atoms with Gasteiger partial charge in [-0.05, 0) is 19.3 Å². The fourth-order valence-electron chi connectivity index (χ4n) is 2.25. The molecule has 0 bridgehead atoms. The van der Waals surface area contributed by atoms with Crippen molar-refractivity contribution in [2.75, 3.05) is 18.4 Å². The van der Waals surface area contributed by atoms with Crippen LogP contribution in [0.5, 0.6) is 0 Å². The van der Waals surface area contributed by atoms with E-state index < -0.39 is 12.0 Å². The lowest BCUT2D eigenvalue weighted by atomic mass is 10.3. The van der Waals surface area contributed by atoms with Crippen LogP contribution in [0.1, 0.15) is 25.1 Å². The van der Waals surface area contributed by atoms with Crippen molar-refractivity contribution in [1.29, 1.82) is 0 Å². The fourth-order valence-corrected chi connectivity index (χ4v) is 2.91. The van der Waals surface area contributed by atoms with Gasteiger partial charge in [-0.15, -0.1) is 0 Å². The van der Waals surface area contributed by atoms with Crippen LogP contribution in [-0.2, 0) is 6.18 Å². The van der Waals surface area contributed by atoms with E-state index in [1.807, 2.05) is 0 Å². The van der Waals surface area contributed by atoms with Crippen LogP contribution < -0.4 is 5.32 Å². The largest absolute Gasteiger partial charge is 0.452 e. The Bertz CT molecular complexity index is 429. The number of nitrogens with one attached hydrogen (secondary N) is 1. The van der Waals surface area contributed by atoms with Gasteiger partial charge in [0.1, 0.15) is 0 Å². The highest BCUT2D eigenvalue weighted by molar-refractivity contribution is 7.09. The van der Waals surface area contributed by atoms with Crippen molar-refractivity contribution >= 4 is 16.7 Å². The Labute approximate surface area is 106 Å². The molecule has 1 atom stereocenters. The summed E-state index contributed by atoms with van der Waals surface area (Å²) in [4.78, 5) is 5.88. The average molecular weight is 278 g/mol. The lowest BCUT2D eigenvalue weighted by Gasteiger charge is -2.14. The molecule has 0 amide bonds. The standard InChI is InChI=1S/C10H13F3N4S/c11-10(12,13)8-15-9(18-16-8)14-6-3-4-17(5-6)7-1-2-7/h6-7H,1-5H2,(H,14,15,16). The summed E-state index contributed by atoms with van der Waals surface area (Å²) in [6.07, 6.45) is -0.989. The maximum Gasteiger partial charge on any atom is 0.452 e. The van der Waals surface area contributed by atoms with E-state index in [-0.39, 0.29) is 11.2 Å². The third-order valence-electron chi connectivity index (χ3n) is 3.29. The Morgan fingerprint density at radius 2 is 2.06 bits per heavy atom. The summed E-state index contributed by atoms with van der Waals surface area (Å²) < 4.78 is 40.3. The minimum Gasteiger partial charge on any atom is -0.356 e. The Morgan fingerprint density at radius 1 is 1.28 bits per heavy atom. The summed E-state index contributed by atoms with van der Waals surface area (Å²) in [5.74, 6) is -1.05. The summed E-state index contributed by atoms with van der Waals surface area (Å²) in [6.45, 7) is 1.92. The van der Waals surface area contributed by atoms with Crippen LogP contribution in [0.4, 0.5) is 18.3 Å². The lowest BCUT2D eigenvalue weighted by molar-refractivity contribution is -0.144. The minimum absolute atomic E-state index is 0.194. The van der Waals surface area contributed by atoms with Gasteiger partial charge < -0.3 is 5.32 Å². The van der Waals surface area contributed by atoms with E-state index >= 15 is 0 Å². The molecule has 4 nitrogen and oxygen atoms in total. The van der Waals surface area contributed by atoms with Crippen LogP contribution in [0, 0.1) is 0 Å². The molecule has 2 fully saturated rings. The quantitative estimate of drug-likeness (QED) is 0.920. The molecule has 0 radical (unpaired) electrons. The second-order valence-electron chi connectivity index (χ2n) is 4.78. The Hall–Kier alpha value is -0.890. The number of nitrogens with zero attached hydrogens (tertiary/aromatic N) is 3. The molecule has 100 valence electrons. The third kappa shape index (κ3) is 2.59. The molecule has 1 aliphatic heterocycles. The van der Waals surface area contributed by atoms with Crippen LogP contribution in [0.2, 0.25) is 0 Å². The van der Waals surface area contributed by atoms with Gasteiger partial charge in [0.05, 0.1) is 0 Å². The van der Waals surface area contributed by atoms with Crippen LogP contribution in [-0.4, -0.2) is 39.4 Å². The van der Waals surface area contributed by atoms with Crippen molar-refractivity contribution < 1.29 is 13.2 Å². The van der Waals surface area contributed by atoms with Gasteiger partial charge in [0.15, 0.2) is 0 Å². The smallest absolute Gasteiger partial charge is 0.356 e. The number of hydrogen-bond acceptors (Lipinski definition) is 5. The van der Waals surface area contributed by atoms with Crippen molar-refractivity contribution in [3.8, 4) is 0 Å². The molecule has 0 spiro atoms. The molecule has 1 aromatic heterocycles.